The van der Waals surface area contributed by atoms with E-state index in [4.69, 9.17) is 13.9 Å². The highest BCUT2D eigenvalue weighted by Gasteiger charge is 2.36. The molecular weight excluding hydrogens is 424 g/mol. The third-order valence-corrected chi connectivity index (χ3v) is 5.78. The fraction of sp³-hybridized carbons (Fsp3) is 0.346. The first-order chi connectivity index (χ1) is 15.5. The van der Waals surface area contributed by atoms with Crippen LogP contribution in [-0.4, -0.2) is 34.1 Å². The highest BCUT2D eigenvalue weighted by Crippen LogP contribution is 2.43. The van der Waals surface area contributed by atoms with Gasteiger partial charge in [-0.1, -0.05) is 26.0 Å². The van der Waals surface area contributed by atoms with E-state index in [2.05, 4.69) is 0 Å². The number of ether oxygens (including phenoxy) is 2. The number of rotatable bonds is 4. The number of benzene rings is 2. The molecule has 3 N–H and O–H groups in total. The van der Waals surface area contributed by atoms with Crippen molar-refractivity contribution < 1.29 is 29.2 Å². The quantitative estimate of drug-likeness (QED) is 0.530. The minimum atomic E-state index is -1.29. The van der Waals surface area contributed by atoms with Gasteiger partial charge in [0.1, 0.15) is 45.8 Å². The van der Waals surface area contributed by atoms with Crippen LogP contribution in [-0.2, 0) is 6.42 Å². The largest absolute Gasteiger partial charge is 0.508 e. The zero-order valence-corrected chi connectivity index (χ0v) is 19.3. The summed E-state index contributed by atoms with van der Waals surface area (Å²) in [6.07, 6.45) is 2.88. The second-order valence-corrected chi connectivity index (χ2v) is 9.20. The summed E-state index contributed by atoms with van der Waals surface area (Å²) in [4.78, 5) is 13.7. The van der Waals surface area contributed by atoms with Crippen LogP contribution in [0.3, 0.4) is 0 Å². The van der Waals surface area contributed by atoms with Gasteiger partial charge in [-0.15, -0.1) is 0 Å². The number of aromatic hydroxyl groups is 2. The molecule has 1 aliphatic rings. The first-order valence-electron chi connectivity index (χ1n) is 10.8. The zero-order valence-electron chi connectivity index (χ0n) is 19.3. The Morgan fingerprint density at radius 2 is 1.94 bits per heavy atom. The van der Waals surface area contributed by atoms with Gasteiger partial charge in [0.2, 0.25) is 0 Å². The molecule has 0 aliphatic carbocycles. The molecule has 0 saturated heterocycles. The summed E-state index contributed by atoms with van der Waals surface area (Å²) in [6, 6.07) is 6.07. The first-order valence-corrected chi connectivity index (χ1v) is 10.8. The smallest absolute Gasteiger partial charge is 0.200 e. The van der Waals surface area contributed by atoms with Crippen LogP contribution in [0.25, 0.3) is 28.4 Å². The Labute approximate surface area is 191 Å². The number of fused-ring (bicyclic) bond motifs is 4. The van der Waals surface area contributed by atoms with Crippen molar-refractivity contribution in [1.82, 2.24) is 0 Å². The van der Waals surface area contributed by atoms with Crippen LogP contribution in [0.4, 0.5) is 0 Å². The van der Waals surface area contributed by atoms with E-state index in [1.807, 2.05) is 19.9 Å². The van der Waals surface area contributed by atoms with E-state index in [9.17, 15) is 20.1 Å². The van der Waals surface area contributed by atoms with E-state index in [1.165, 1.54) is 19.2 Å². The van der Waals surface area contributed by atoms with Gasteiger partial charge in [-0.05, 0) is 31.9 Å². The van der Waals surface area contributed by atoms with E-state index < -0.39 is 17.1 Å². The van der Waals surface area contributed by atoms with Gasteiger partial charge in [-0.25, -0.2) is 0 Å². The molecule has 0 amide bonds. The summed E-state index contributed by atoms with van der Waals surface area (Å²) in [5.41, 5.74) is -0.409. The Kier molecular flexibility index (Phi) is 5.62. The van der Waals surface area contributed by atoms with Crippen LogP contribution in [0.1, 0.15) is 38.8 Å². The van der Waals surface area contributed by atoms with Gasteiger partial charge in [0.25, 0.3) is 0 Å². The Balaban J connectivity index is 2.07. The number of phenols is 2. The van der Waals surface area contributed by atoms with Crippen molar-refractivity contribution in [2.75, 3.05) is 7.11 Å². The Morgan fingerprint density at radius 1 is 1.21 bits per heavy atom. The summed E-state index contributed by atoms with van der Waals surface area (Å²) >= 11 is 0. The fourth-order valence-electron chi connectivity index (χ4n) is 3.95. The van der Waals surface area contributed by atoms with E-state index in [-0.39, 0.29) is 51.9 Å². The molecule has 1 aliphatic heterocycles. The molecule has 33 heavy (non-hydrogen) atoms. The Hall–Kier alpha value is -3.45. The molecule has 0 radical (unpaired) electrons. The van der Waals surface area contributed by atoms with Gasteiger partial charge in [0.15, 0.2) is 5.43 Å². The SMILES string of the molecule is COc1cc2oc3c(c(=O)c2c(O)c1/C=C/C(C)C)CC(C(C)(C)O)Oc1cc(O)ccc1-3. The molecule has 2 aromatic carbocycles. The highest BCUT2D eigenvalue weighted by molar-refractivity contribution is 5.92. The predicted molar refractivity (Wildman–Crippen MR) is 126 cm³/mol. The van der Waals surface area contributed by atoms with Crippen molar-refractivity contribution in [3.05, 3.63) is 51.7 Å². The molecule has 0 spiro atoms. The Bertz CT molecular complexity index is 1310. The van der Waals surface area contributed by atoms with Crippen LogP contribution in [0.2, 0.25) is 0 Å². The number of allylic oxidation sites excluding steroid dienone is 1. The Morgan fingerprint density at radius 3 is 2.58 bits per heavy atom. The van der Waals surface area contributed by atoms with E-state index in [0.29, 0.717) is 16.9 Å². The van der Waals surface area contributed by atoms with Crippen LogP contribution < -0.4 is 14.9 Å². The summed E-state index contributed by atoms with van der Waals surface area (Å²) in [6.45, 7) is 7.18. The predicted octanol–water partition coefficient (Wildman–Crippen LogP) is 4.62. The minimum absolute atomic E-state index is 0.0178. The molecule has 0 bridgehead atoms. The van der Waals surface area contributed by atoms with Crippen molar-refractivity contribution in [1.29, 1.82) is 0 Å². The molecule has 2 heterocycles. The van der Waals surface area contributed by atoms with Crippen LogP contribution in [0.15, 0.2) is 39.6 Å². The highest BCUT2D eigenvalue weighted by atomic mass is 16.5. The number of hydrogen-bond acceptors (Lipinski definition) is 7. The molecule has 1 atom stereocenters. The lowest BCUT2D eigenvalue weighted by Gasteiger charge is -2.28. The van der Waals surface area contributed by atoms with E-state index in [0.717, 1.165) is 0 Å². The number of phenolic OH excluding ortho intramolecular Hbond substituents is 2. The zero-order chi connectivity index (χ0) is 24.1. The van der Waals surface area contributed by atoms with Gasteiger partial charge in [-0.2, -0.15) is 0 Å². The maximum absolute atomic E-state index is 13.7. The standard InChI is InChI=1S/C26H28O7/c1-13(2)6-8-15-18(31-5)12-20-22(23(15)28)24(29)17-11-21(26(3,4)30)32-19-10-14(27)7-9-16(19)25(17)33-20/h6-10,12-13,21,27-28,30H,11H2,1-5H3/b8-6+. The number of aliphatic hydroxyl groups is 1. The molecular formula is C26H28O7. The van der Waals surface area contributed by atoms with E-state index >= 15 is 0 Å². The van der Waals surface area contributed by atoms with Gasteiger partial charge in [0, 0.05) is 24.1 Å². The molecule has 1 aromatic heterocycles. The van der Waals surface area contributed by atoms with E-state index in [1.54, 1.807) is 32.1 Å². The van der Waals surface area contributed by atoms with Crippen LogP contribution in [0.5, 0.6) is 23.0 Å². The second kappa shape index (κ2) is 8.15. The maximum atomic E-state index is 13.7. The molecule has 0 saturated carbocycles. The monoisotopic (exact) mass is 452 g/mol. The average molecular weight is 453 g/mol. The molecule has 7 nitrogen and oxygen atoms in total. The van der Waals surface area contributed by atoms with Gasteiger partial charge >= 0.3 is 0 Å². The average Bonchev–Trinajstić information content (AvgIpc) is 2.89. The third kappa shape index (κ3) is 4.04. The van der Waals surface area contributed by atoms with Crippen molar-refractivity contribution >= 4 is 17.0 Å². The lowest BCUT2D eigenvalue weighted by Crippen LogP contribution is -2.42. The first kappa shape index (κ1) is 22.7. The normalized spacial score (nSPS) is 15.9. The summed E-state index contributed by atoms with van der Waals surface area (Å²) in [5.74, 6) is 0.901. The summed E-state index contributed by atoms with van der Waals surface area (Å²) in [7, 11) is 1.48. The molecule has 7 heteroatoms. The summed E-state index contributed by atoms with van der Waals surface area (Å²) < 4.78 is 17.6. The number of methoxy groups -OCH3 is 1. The van der Waals surface area contributed by atoms with Crippen molar-refractivity contribution in [3.63, 3.8) is 0 Å². The molecule has 4 rings (SSSR count). The summed E-state index contributed by atoms with van der Waals surface area (Å²) in [5, 5.41) is 31.8. The van der Waals surface area contributed by atoms with Crippen molar-refractivity contribution in [2.45, 2.75) is 45.8 Å². The molecule has 1 unspecified atom stereocenters. The fourth-order valence-corrected chi connectivity index (χ4v) is 3.95. The number of hydrogen-bond donors (Lipinski definition) is 3. The molecule has 3 aromatic rings. The van der Waals surface area contributed by atoms with Crippen molar-refractivity contribution in [3.8, 4) is 34.3 Å². The second-order valence-electron chi connectivity index (χ2n) is 9.20. The third-order valence-electron chi connectivity index (χ3n) is 5.78. The van der Waals surface area contributed by atoms with Crippen LogP contribution in [0, 0.1) is 5.92 Å². The maximum Gasteiger partial charge on any atom is 0.200 e. The van der Waals surface area contributed by atoms with Crippen molar-refractivity contribution in [2.24, 2.45) is 5.92 Å². The molecule has 174 valence electrons. The van der Waals surface area contributed by atoms with Gasteiger partial charge in [0.05, 0.1) is 23.8 Å². The van der Waals surface area contributed by atoms with Gasteiger partial charge < -0.3 is 29.2 Å². The minimum Gasteiger partial charge on any atom is -0.508 e. The lowest BCUT2D eigenvalue weighted by molar-refractivity contribution is -0.0322. The van der Waals surface area contributed by atoms with Gasteiger partial charge in [-0.3, -0.25) is 4.79 Å². The topological polar surface area (TPSA) is 109 Å². The van der Waals surface area contributed by atoms with Crippen LogP contribution >= 0.6 is 0 Å². The molecule has 0 fully saturated rings. The lowest BCUT2D eigenvalue weighted by atomic mass is 9.93.